The Kier molecular flexibility index (Phi) is 3.34. The van der Waals surface area contributed by atoms with Gasteiger partial charge in [0.25, 0.3) is 5.56 Å². The lowest BCUT2D eigenvalue weighted by atomic mass is 10.4. The van der Waals surface area contributed by atoms with Gasteiger partial charge in [-0.25, -0.2) is 15.0 Å². The van der Waals surface area contributed by atoms with Gasteiger partial charge in [-0.05, 0) is 27.4 Å². The smallest absolute Gasteiger partial charge is 0.268 e. The van der Waals surface area contributed by atoms with Crippen LogP contribution in [0.3, 0.4) is 0 Å². The molecule has 0 unspecified atom stereocenters. The van der Waals surface area contributed by atoms with Crippen molar-refractivity contribution in [2.75, 3.05) is 0 Å². The summed E-state index contributed by atoms with van der Waals surface area (Å²) in [6.07, 6.45) is 2.90. The van der Waals surface area contributed by atoms with Gasteiger partial charge in [0.15, 0.2) is 5.82 Å². The predicted octanol–water partition coefficient (Wildman–Crippen LogP) is 2.71. The molecule has 8 heteroatoms. The van der Waals surface area contributed by atoms with Gasteiger partial charge in [-0.2, -0.15) is 0 Å². The molecule has 0 bridgehead atoms. The van der Waals surface area contributed by atoms with Gasteiger partial charge in [0.05, 0.1) is 12.9 Å². The van der Waals surface area contributed by atoms with Crippen molar-refractivity contribution in [2.24, 2.45) is 0 Å². The summed E-state index contributed by atoms with van der Waals surface area (Å²) in [6.45, 7) is 0.235. The van der Waals surface area contributed by atoms with Crippen LogP contribution in [0.25, 0.3) is 10.2 Å². The van der Waals surface area contributed by atoms with Gasteiger partial charge in [0, 0.05) is 11.6 Å². The molecule has 0 aliphatic heterocycles. The Bertz CT molecular complexity index is 816. The molecule has 0 saturated heterocycles. The average Bonchev–Trinajstić information content (AvgIpc) is 2.84. The van der Waals surface area contributed by atoms with E-state index < -0.39 is 0 Å². The lowest BCUT2D eigenvalue weighted by Gasteiger charge is -2.05. The number of thiophene rings is 1. The van der Waals surface area contributed by atoms with E-state index in [0.717, 1.165) is 10.2 Å². The van der Waals surface area contributed by atoms with Crippen LogP contribution in [0, 0.1) is 0 Å². The van der Waals surface area contributed by atoms with Crippen LogP contribution in [-0.4, -0.2) is 19.5 Å². The highest BCUT2D eigenvalue weighted by atomic mass is 79.9. The van der Waals surface area contributed by atoms with E-state index in [2.05, 4.69) is 30.9 Å². The number of fused-ring (bicyclic) bond motifs is 1. The molecule has 0 saturated carbocycles. The zero-order chi connectivity index (χ0) is 13.4. The summed E-state index contributed by atoms with van der Waals surface area (Å²) in [4.78, 5) is 25.2. The van der Waals surface area contributed by atoms with E-state index in [0.29, 0.717) is 15.5 Å². The van der Waals surface area contributed by atoms with Gasteiger partial charge in [0.1, 0.15) is 14.5 Å². The third-order valence-corrected chi connectivity index (χ3v) is 4.13. The first-order valence-electron chi connectivity index (χ1n) is 5.25. The van der Waals surface area contributed by atoms with E-state index in [-0.39, 0.29) is 12.1 Å². The lowest BCUT2D eigenvalue weighted by Crippen LogP contribution is -2.22. The van der Waals surface area contributed by atoms with Gasteiger partial charge in [0.2, 0.25) is 0 Å². The van der Waals surface area contributed by atoms with E-state index >= 15 is 0 Å². The van der Waals surface area contributed by atoms with Crippen LogP contribution in [-0.2, 0) is 6.54 Å². The summed E-state index contributed by atoms with van der Waals surface area (Å²) in [6, 6.07) is 1.87. The molecule has 0 N–H and O–H groups in total. The van der Waals surface area contributed by atoms with E-state index in [4.69, 9.17) is 11.6 Å². The average molecular weight is 358 g/mol. The fraction of sp³-hybridized carbons (Fsp3) is 0.0909. The van der Waals surface area contributed by atoms with E-state index in [1.165, 1.54) is 28.4 Å². The van der Waals surface area contributed by atoms with Crippen LogP contribution >= 0.6 is 38.9 Å². The highest BCUT2D eigenvalue weighted by Crippen LogP contribution is 2.24. The number of nitrogens with zero attached hydrogens (tertiary/aromatic N) is 4. The molecule has 5 nitrogen and oxygen atoms in total. The maximum Gasteiger partial charge on any atom is 0.268 e. The van der Waals surface area contributed by atoms with Gasteiger partial charge in [-0.15, -0.1) is 11.3 Å². The first-order valence-corrected chi connectivity index (χ1v) is 7.30. The molecule has 3 rings (SSSR count). The number of rotatable bonds is 2. The molecule has 0 spiro atoms. The number of hydrogen-bond acceptors (Lipinski definition) is 5. The Morgan fingerprint density at radius 3 is 3.11 bits per heavy atom. The lowest BCUT2D eigenvalue weighted by molar-refractivity contribution is 0.697. The quantitative estimate of drug-likeness (QED) is 0.662. The highest BCUT2D eigenvalue weighted by Gasteiger charge is 2.09. The Labute approximate surface area is 125 Å². The zero-order valence-corrected chi connectivity index (χ0v) is 12.5. The Balaban J connectivity index is 2.06. The summed E-state index contributed by atoms with van der Waals surface area (Å²) in [7, 11) is 0. The first kappa shape index (κ1) is 12.7. The predicted molar refractivity (Wildman–Crippen MR) is 77.7 cm³/mol. The van der Waals surface area contributed by atoms with Crippen LogP contribution in [0.5, 0.6) is 0 Å². The molecule has 0 amide bonds. The van der Waals surface area contributed by atoms with Crippen molar-refractivity contribution >= 4 is 49.1 Å². The SMILES string of the molecule is O=c1c(Br)cncn1Cc1nc(Cl)c2ccsc2n1. The number of hydrogen-bond donors (Lipinski definition) is 0. The Hall–Kier alpha value is -1.31. The maximum absolute atomic E-state index is 11.9. The molecular weight excluding hydrogens is 352 g/mol. The van der Waals surface area contributed by atoms with Crippen molar-refractivity contribution in [1.82, 2.24) is 19.5 Å². The second kappa shape index (κ2) is 4.99. The van der Waals surface area contributed by atoms with Gasteiger partial charge in [-0.1, -0.05) is 11.6 Å². The summed E-state index contributed by atoms with van der Waals surface area (Å²) < 4.78 is 1.83. The van der Waals surface area contributed by atoms with Crippen molar-refractivity contribution < 1.29 is 0 Å². The van der Waals surface area contributed by atoms with Gasteiger partial charge >= 0.3 is 0 Å². The summed E-state index contributed by atoms with van der Waals surface area (Å²) in [5.74, 6) is 0.488. The Morgan fingerprint density at radius 2 is 2.26 bits per heavy atom. The summed E-state index contributed by atoms with van der Waals surface area (Å²) >= 11 is 10.7. The Morgan fingerprint density at radius 1 is 1.42 bits per heavy atom. The molecule has 0 aliphatic carbocycles. The molecule has 3 aromatic heterocycles. The number of aromatic nitrogens is 4. The van der Waals surface area contributed by atoms with Gasteiger partial charge in [-0.3, -0.25) is 9.36 Å². The monoisotopic (exact) mass is 356 g/mol. The van der Waals surface area contributed by atoms with Crippen molar-refractivity contribution in [2.45, 2.75) is 6.54 Å². The van der Waals surface area contributed by atoms with Crippen LogP contribution in [0.2, 0.25) is 5.15 Å². The molecule has 96 valence electrons. The largest absolute Gasteiger partial charge is 0.291 e. The molecule has 0 aliphatic rings. The first-order chi connectivity index (χ1) is 9.15. The third kappa shape index (κ3) is 2.41. The standard InChI is InChI=1S/C11H6BrClN4OS/c12-7-3-14-5-17(11(7)18)4-8-15-9(13)6-1-2-19-10(6)16-8/h1-3,5H,4H2. The van der Waals surface area contributed by atoms with E-state index in [9.17, 15) is 4.79 Å². The molecular formula is C11H6BrClN4OS. The molecule has 0 aromatic carbocycles. The molecule has 0 radical (unpaired) electrons. The fourth-order valence-electron chi connectivity index (χ4n) is 1.62. The molecule has 3 heterocycles. The van der Waals surface area contributed by atoms with Crippen LogP contribution in [0.1, 0.15) is 5.82 Å². The molecule has 0 atom stereocenters. The van der Waals surface area contributed by atoms with Crippen LogP contribution < -0.4 is 5.56 Å². The van der Waals surface area contributed by atoms with Crippen molar-refractivity contribution in [1.29, 1.82) is 0 Å². The van der Waals surface area contributed by atoms with Crippen LogP contribution in [0.15, 0.2) is 33.2 Å². The van der Waals surface area contributed by atoms with Crippen molar-refractivity contribution in [3.05, 3.63) is 49.8 Å². The normalized spacial score (nSPS) is 11.1. The summed E-state index contributed by atoms with van der Waals surface area (Å²) in [5.41, 5.74) is -0.180. The maximum atomic E-state index is 11.9. The minimum atomic E-state index is -0.180. The fourth-order valence-corrected chi connectivity index (χ4v) is 3.06. The summed E-state index contributed by atoms with van der Waals surface area (Å²) in [5, 5.41) is 3.13. The second-order valence-corrected chi connectivity index (χ2v) is 5.85. The molecule has 19 heavy (non-hydrogen) atoms. The zero-order valence-electron chi connectivity index (χ0n) is 9.38. The second-order valence-electron chi connectivity index (χ2n) is 3.74. The molecule has 0 fully saturated rings. The van der Waals surface area contributed by atoms with Crippen LogP contribution in [0.4, 0.5) is 0 Å². The van der Waals surface area contributed by atoms with E-state index in [1.54, 1.807) is 0 Å². The van der Waals surface area contributed by atoms with Crippen molar-refractivity contribution in [3.63, 3.8) is 0 Å². The third-order valence-electron chi connectivity index (χ3n) is 2.50. The van der Waals surface area contributed by atoms with E-state index in [1.807, 2.05) is 11.4 Å². The minimum absolute atomic E-state index is 0.180. The number of halogens is 2. The topological polar surface area (TPSA) is 60.7 Å². The minimum Gasteiger partial charge on any atom is -0.291 e. The van der Waals surface area contributed by atoms with Crippen molar-refractivity contribution in [3.8, 4) is 0 Å². The molecule has 3 aromatic rings. The highest BCUT2D eigenvalue weighted by molar-refractivity contribution is 9.10. The van der Waals surface area contributed by atoms with Gasteiger partial charge < -0.3 is 0 Å².